The predicted molar refractivity (Wildman–Crippen MR) is 48.1 cm³/mol. The monoisotopic (exact) mass is 192 g/mol. The molecule has 2 aromatic rings. The van der Waals surface area contributed by atoms with Gasteiger partial charge >= 0.3 is 0 Å². The van der Waals surface area contributed by atoms with Crippen molar-refractivity contribution in [3.8, 4) is 11.4 Å². The molecular formula is C8H5ClN4. The van der Waals surface area contributed by atoms with Gasteiger partial charge in [-0.1, -0.05) is 11.6 Å². The first-order valence-electron chi connectivity index (χ1n) is 3.62. The fraction of sp³-hybridized carbons (Fsp3) is 0. The summed E-state index contributed by atoms with van der Waals surface area (Å²) in [5, 5.41) is 15.6. The van der Waals surface area contributed by atoms with Crippen molar-refractivity contribution in [1.82, 2.24) is 20.4 Å². The quantitative estimate of drug-likeness (QED) is 0.689. The zero-order valence-electron chi connectivity index (χ0n) is 6.55. The Morgan fingerprint density at radius 2 is 1.54 bits per heavy atom. The Morgan fingerprint density at radius 3 is 2.15 bits per heavy atom. The topological polar surface area (TPSA) is 51.6 Å². The molecule has 13 heavy (non-hydrogen) atoms. The molecule has 0 radical (unpaired) electrons. The van der Waals surface area contributed by atoms with Crippen LogP contribution in [-0.2, 0) is 0 Å². The largest absolute Gasteiger partial charge is 0.203 e. The Labute approximate surface area is 79.6 Å². The van der Waals surface area contributed by atoms with E-state index in [1.54, 1.807) is 12.1 Å². The lowest BCUT2D eigenvalue weighted by Crippen LogP contribution is -1.93. The van der Waals surface area contributed by atoms with Crippen molar-refractivity contribution in [2.45, 2.75) is 0 Å². The first-order chi connectivity index (χ1) is 6.36. The predicted octanol–water partition coefficient (Wildman–Crippen LogP) is 1.59. The molecule has 0 N–H and O–H groups in total. The molecule has 2 rings (SSSR count). The molecule has 1 heterocycles. The highest BCUT2D eigenvalue weighted by molar-refractivity contribution is 6.30. The molecule has 0 saturated carbocycles. The summed E-state index contributed by atoms with van der Waals surface area (Å²) in [6, 6.07) is 7.18. The van der Waals surface area contributed by atoms with E-state index in [-0.39, 0.29) is 0 Å². The fourth-order valence-electron chi connectivity index (χ4n) is 0.919. The number of hydrogen-bond acceptors (Lipinski definition) is 4. The van der Waals surface area contributed by atoms with Crippen LogP contribution in [0.1, 0.15) is 0 Å². The summed E-state index contributed by atoms with van der Waals surface area (Å²) in [7, 11) is 0. The molecule has 0 bridgehead atoms. The summed E-state index contributed by atoms with van der Waals surface area (Å²) < 4.78 is 0. The average molecular weight is 193 g/mol. The van der Waals surface area contributed by atoms with Crippen LogP contribution in [0.15, 0.2) is 30.6 Å². The van der Waals surface area contributed by atoms with Crippen LogP contribution in [0.4, 0.5) is 0 Å². The van der Waals surface area contributed by atoms with Crippen LogP contribution < -0.4 is 0 Å². The number of hydrogen-bond donors (Lipinski definition) is 0. The second kappa shape index (κ2) is 3.45. The number of nitrogens with zero attached hydrogens (tertiary/aromatic N) is 4. The molecule has 0 aliphatic rings. The summed E-state index contributed by atoms with van der Waals surface area (Å²) in [5.41, 5.74) is 0.852. The molecule has 0 aliphatic carbocycles. The minimum atomic E-state index is 0.499. The number of aromatic nitrogens is 4. The summed E-state index contributed by atoms with van der Waals surface area (Å²) in [6.45, 7) is 0. The van der Waals surface area contributed by atoms with E-state index in [2.05, 4.69) is 20.4 Å². The van der Waals surface area contributed by atoms with E-state index in [0.717, 1.165) is 5.56 Å². The van der Waals surface area contributed by atoms with Crippen LogP contribution in [0.3, 0.4) is 0 Å². The highest BCUT2D eigenvalue weighted by atomic mass is 35.5. The van der Waals surface area contributed by atoms with Gasteiger partial charge in [-0.25, -0.2) is 0 Å². The smallest absolute Gasteiger partial charge is 0.135 e. The van der Waals surface area contributed by atoms with Crippen LogP contribution in [-0.4, -0.2) is 20.4 Å². The van der Waals surface area contributed by atoms with E-state index >= 15 is 0 Å². The molecule has 4 nitrogen and oxygen atoms in total. The summed E-state index contributed by atoms with van der Waals surface area (Å²) in [6.07, 6.45) is 1.29. The van der Waals surface area contributed by atoms with Gasteiger partial charge < -0.3 is 0 Å². The molecule has 0 atom stereocenters. The van der Waals surface area contributed by atoms with Crippen LogP contribution >= 0.6 is 11.6 Å². The van der Waals surface area contributed by atoms with Gasteiger partial charge in [-0.3, -0.25) is 0 Å². The molecular weight excluding hydrogens is 188 g/mol. The third kappa shape index (κ3) is 1.78. The van der Waals surface area contributed by atoms with E-state index in [1.807, 2.05) is 12.1 Å². The highest BCUT2D eigenvalue weighted by Crippen LogP contribution is 2.15. The minimum Gasteiger partial charge on any atom is -0.135 e. The molecule has 5 heteroatoms. The first kappa shape index (κ1) is 8.07. The Bertz CT molecular complexity index is 387. The van der Waals surface area contributed by atoms with Gasteiger partial charge in [0.15, 0.2) is 6.33 Å². The van der Waals surface area contributed by atoms with Crippen LogP contribution in [0.25, 0.3) is 11.4 Å². The standard InChI is InChI=1S/C8H5ClN4/c9-7-3-1-6(2-4-7)8-12-10-5-11-13-8/h1-5H. The molecule has 0 saturated heterocycles. The number of halogens is 1. The maximum atomic E-state index is 5.73. The third-order valence-electron chi connectivity index (χ3n) is 1.51. The van der Waals surface area contributed by atoms with Gasteiger partial charge in [-0.05, 0) is 24.3 Å². The van der Waals surface area contributed by atoms with Gasteiger partial charge in [0.25, 0.3) is 0 Å². The number of rotatable bonds is 1. The van der Waals surface area contributed by atoms with Gasteiger partial charge in [0, 0.05) is 10.6 Å². The lowest BCUT2D eigenvalue weighted by Gasteiger charge is -1.95. The summed E-state index contributed by atoms with van der Waals surface area (Å²) in [4.78, 5) is 0. The van der Waals surface area contributed by atoms with Gasteiger partial charge in [-0.15, -0.1) is 20.4 Å². The lowest BCUT2D eigenvalue weighted by molar-refractivity contribution is 0.864. The second-order valence-electron chi connectivity index (χ2n) is 2.38. The normalized spacial score (nSPS) is 9.92. The van der Waals surface area contributed by atoms with E-state index in [4.69, 9.17) is 11.6 Å². The van der Waals surface area contributed by atoms with E-state index in [0.29, 0.717) is 10.8 Å². The van der Waals surface area contributed by atoms with Crippen molar-refractivity contribution in [3.63, 3.8) is 0 Å². The molecule has 0 unspecified atom stereocenters. The molecule has 0 aliphatic heterocycles. The third-order valence-corrected chi connectivity index (χ3v) is 1.76. The van der Waals surface area contributed by atoms with Crippen LogP contribution in [0.2, 0.25) is 5.02 Å². The minimum absolute atomic E-state index is 0.499. The SMILES string of the molecule is Clc1ccc(-c2nncnn2)cc1. The van der Waals surface area contributed by atoms with E-state index < -0.39 is 0 Å². The molecule has 0 fully saturated rings. The molecule has 1 aromatic heterocycles. The molecule has 64 valence electrons. The maximum absolute atomic E-state index is 5.73. The lowest BCUT2D eigenvalue weighted by atomic mass is 10.2. The van der Waals surface area contributed by atoms with Crippen molar-refractivity contribution in [2.24, 2.45) is 0 Å². The van der Waals surface area contributed by atoms with Crippen molar-refractivity contribution >= 4 is 11.6 Å². The maximum Gasteiger partial charge on any atom is 0.203 e. The highest BCUT2D eigenvalue weighted by Gasteiger charge is 1.99. The molecule has 0 amide bonds. The van der Waals surface area contributed by atoms with Gasteiger partial charge in [0.05, 0.1) is 0 Å². The Hall–Kier alpha value is -1.55. The van der Waals surface area contributed by atoms with Crippen molar-refractivity contribution in [1.29, 1.82) is 0 Å². The zero-order valence-corrected chi connectivity index (χ0v) is 7.31. The van der Waals surface area contributed by atoms with Gasteiger partial charge in [0.2, 0.25) is 5.82 Å². The van der Waals surface area contributed by atoms with Crippen molar-refractivity contribution in [3.05, 3.63) is 35.6 Å². The Balaban J connectivity index is 2.42. The second-order valence-corrected chi connectivity index (χ2v) is 2.81. The average Bonchev–Trinajstić information content (AvgIpc) is 2.20. The molecule has 1 aromatic carbocycles. The van der Waals surface area contributed by atoms with Gasteiger partial charge in [0.1, 0.15) is 0 Å². The van der Waals surface area contributed by atoms with Crippen molar-refractivity contribution in [2.75, 3.05) is 0 Å². The van der Waals surface area contributed by atoms with Crippen LogP contribution in [0, 0.1) is 0 Å². The fourth-order valence-corrected chi connectivity index (χ4v) is 1.04. The van der Waals surface area contributed by atoms with E-state index in [9.17, 15) is 0 Å². The summed E-state index contributed by atoms with van der Waals surface area (Å²) >= 11 is 5.73. The number of benzene rings is 1. The zero-order chi connectivity index (χ0) is 9.10. The van der Waals surface area contributed by atoms with Crippen LogP contribution in [0.5, 0.6) is 0 Å². The first-order valence-corrected chi connectivity index (χ1v) is 4.00. The van der Waals surface area contributed by atoms with Crippen molar-refractivity contribution < 1.29 is 0 Å². The Kier molecular flexibility index (Phi) is 2.14. The molecule has 0 spiro atoms. The van der Waals surface area contributed by atoms with E-state index in [1.165, 1.54) is 6.33 Å². The van der Waals surface area contributed by atoms with Gasteiger partial charge in [-0.2, -0.15) is 0 Å². The Morgan fingerprint density at radius 1 is 0.923 bits per heavy atom. The summed E-state index contributed by atoms with van der Waals surface area (Å²) in [5.74, 6) is 0.499.